The lowest BCUT2D eigenvalue weighted by Gasteiger charge is -2.23. The van der Waals surface area contributed by atoms with Gasteiger partial charge in [-0.3, -0.25) is 0 Å². The van der Waals surface area contributed by atoms with Crippen LogP contribution in [0.1, 0.15) is 33.1 Å². The summed E-state index contributed by atoms with van der Waals surface area (Å²) in [6.45, 7) is 4.44. The SMILES string of the molecule is CCCCC(C)CP(=O)(c1ccccc1)c1ccccc1. The minimum absolute atomic E-state index is 0.483. The molecule has 0 amide bonds. The van der Waals surface area contributed by atoms with Gasteiger partial charge in [-0.1, -0.05) is 93.8 Å². The molecule has 21 heavy (non-hydrogen) atoms. The topological polar surface area (TPSA) is 17.1 Å². The van der Waals surface area contributed by atoms with Crippen molar-refractivity contribution in [3.05, 3.63) is 60.7 Å². The fourth-order valence-corrected chi connectivity index (χ4v) is 5.87. The van der Waals surface area contributed by atoms with Crippen LogP contribution in [0.4, 0.5) is 0 Å². The van der Waals surface area contributed by atoms with Crippen molar-refractivity contribution in [1.82, 2.24) is 0 Å². The molecule has 2 heteroatoms. The van der Waals surface area contributed by atoms with Gasteiger partial charge in [0, 0.05) is 16.8 Å². The molecule has 0 saturated carbocycles. The third kappa shape index (κ3) is 4.08. The molecule has 0 saturated heterocycles. The van der Waals surface area contributed by atoms with Crippen LogP contribution in [-0.4, -0.2) is 6.16 Å². The molecule has 0 aliphatic rings. The summed E-state index contributed by atoms with van der Waals surface area (Å²) in [4.78, 5) is 0. The van der Waals surface area contributed by atoms with Crippen molar-refractivity contribution in [2.45, 2.75) is 33.1 Å². The van der Waals surface area contributed by atoms with Crippen LogP contribution in [0.25, 0.3) is 0 Å². The largest absolute Gasteiger partial charge is 0.314 e. The average molecular weight is 300 g/mol. The monoisotopic (exact) mass is 300 g/mol. The molecule has 2 rings (SSSR count). The average Bonchev–Trinajstić information content (AvgIpc) is 2.54. The second-order valence-electron chi connectivity index (χ2n) is 5.84. The molecular weight excluding hydrogens is 275 g/mol. The Morgan fingerprint density at radius 3 is 1.81 bits per heavy atom. The van der Waals surface area contributed by atoms with E-state index in [1.807, 2.05) is 60.7 Å². The highest BCUT2D eigenvalue weighted by atomic mass is 31.2. The quantitative estimate of drug-likeness (QED) is 0.670. The van der Waals surface area contributed by atoms with E-state index in [1.165, 1.54) is 12.8 Å². The molecule has 2 aromatic carbocycles. The smallest absolute Gasteiger partial charge is 0.143 e. The molecule has 0 aromatic heterocycles. The molecule has 0 aliphatic heterocycles. The molecule has 0 radical (unpaired) electrons. The van der Waals surface area contributed by atoms with Crippen molar-refractivity contribution < 1.29 is 4.57 Å². The first-order chi connectivity index (χ1) is 10.2. The molecule has 1 atom stereocenters. The molecule has 0 N–H and O–H groups in total. The molecule has 0 fully saturated rings. The van der Waals surface area contributed by atoms with Crippen molar-refractivity contribution in [3.8, 4) is 0 Å². The second-order valence-corrected chi connectivity index (χ2v) is 8.72. The zero-order valence-electron chi connectivity index (χ0n) is 13.0. The third-order valence-electron chi connectivity index (χ3n) is 3.97. The van der Waals surface area contributed by atoms with Gasteiger partial charge >= 0.3 is 0 Å². The van der Waals surface area contributed by atoms with Gasteiger partial charge < -0.3 is 4.57 Å². The second kappa shape index (κ2) is 7.61. The maximum atomic E-state index is 13.8. The highest BCUT2D eigenvalue weighted by Gasteiger charge is 2.28. The summed E-state index contributed by atoms with van der Waals surface area (Å²) in [7, 11) is -2.52. The van der Waals surface area contributed by atoms with Gasteiger partial charge in [-0.15, -0.1) is 0 Å². The van der Waals surface area contributed by atoms with Crippen LogP contribution in [0.2, 0.25) is 0 Å². The van der Waals surface area contributed by atoms with Crippen LogP contribution in [0.3, 0.4) is 0 Å². The fraction of sp³-hybridized carbons (Fsp3) is 0.368. The number of rotatable bonds is 7. The predicted octanol–water partition coefficient (Wildman–Crippen LogP) is 4.83. The van der Waals surface area contributed by atoms with E-state index in [-0.39, 0.29) is 0 Å². The summed E-state index contributed by atoms with van der Waals surface area (Å²) in [5.74, 6) is 0.483. The number of hydrogen-bond donors (Lipinski definition) is 0. The van der Waals surface area contributed by atoms with Crippen molar-refractivity contribution in [3.63, 3.8) is 0 Å². The zero-order valence-corrected chi connectivity index (χ0v) is 13.9. The Balaban J connectivity index is 2.34. The van der Waals surface area contributed by atoms with Gasteiger partial charge in [-0.2, -0.15) is 0 Å². The number of benzene rings is 2. The Labute approximate surface area is 128 Å². The lowest BCUT2D eigenvalue weighted by Crippen LogP contribution is -2.21. The van der Waals surface area contributed by atoms with Gasteiger partial charge in [0.1, 0.15) is 7.14 Å². The number of unbranched alkanes of at least 4 members (excludes halogenated alkanes) is 1. The van der Waals surface area contributed by atoms with E-state index in [2.05, 4.69) is 13.8 Å². The Morgan fingerprint density at radius 1 is 0.905 bits per heavy atom. The van der Waals surface area contributed by atoms with Gasteiger partial charge in [0.25, 0.3) is 0 Å². The van der Waals surface area contributed by atoms with E-state index in [1.54, 1.807) is 0 Å². The van der Waals surface area contributed by atoms with E-state index in [0.717, 1.165) is 23.2 Å². The Kier molecular flexibility index (Phi) is 5.82. The summed E-state index contributed by atoms with van der Waals surface area (Å²) < 4.78 is 13.8. The van der Waals surface area contributed by atoms with Gasteiger partial charge in [0.2, 0.25) is 0 Å². The Hall–Kier alpha value is -1.33. The van der Waals surface area contributed by atoms with Crippen molar-refractivity contribution in [2.75, 3.05) is 6.16 Å². The normalized spacial score (nSPS) is 13.0. The highest BCUT2D eigenvalue weighted by molar-refractivity contribution is 7.78. The lowest BCUT2D eigenvalue weighted by atomic mass is 10.1. The zero-order chi connectivity index (χ0) is 15.1. The highest BCUT2D eigenvalue weighted by Crippen LogP contribution is 2.45. The first kappa shape index (κ1) is 16.0. The minimum Gasteiger partial charge on any atom is -0.314 e. The van der Waals surface area contributed by atoms with Gasteiger partial charge in [-0.05, 0) is 5.92 Å². The van der Waals surface area contributed by atoms with Crippen LogP contribution in [0, 0.1) is 5.92 Å². The minimum atomic E-state index is -2.52. The Bertz CT molecular complexity index is 534. The van der Waals surface area contributed by atoms with E-state index in [9.17, 15) is 4.57 Å². The summed E-state index contributed by atoms with van der Waals surface area (Å²) in [5, 5.41) is 1.97. The third-order valence-corrected chi connectivity index (χ3v) is 7.37. The first-order valence-corrected chi connectivity index (χ1v) is 9.76. The molecule has 0 aliphatic carbocycles. The van der Waals surface area contributed by atoms with Crippen molar-refractivity contribution >= 4 is 17.8 Å². The van der Waals surface area contributed by atoms with Crippen LogP contribution < -0.4 is 10.6 Å². The van der Waals surface area contributed by atoms with Gasteiger partial charge in [0.15, 0.2) is 0 Å². The van der Waals surface area contributed by atoms with E-state index < -0.39 is 7.14 Å². The summed E-state index contributed by atoms with van der Waals surface area (Å²) >= 11 is 0. The van der Waals surface area contributed by atoms with E-state index in [0.29, 0.717) is 5.92 Å². The molecule has 1 unspecified atom stereocenters. The first-order valence-electron chi connectivity index (χ1n) is 7.87. The van der Waals surface area contributed by atoms with Gasteiger partial charge in [0.05, 0.1) is 0 Å². The summed E-state index contributed by atoms with van der Waals surface area (Å²) in [6, 6.07) is 20.0. The van der Waals surface area contributed by atoms with Crippen LogP contribution in [0.15, 0.2) is 60.7 Å². The van der Waals surface area contributed by atoms with Crippen LogP contribution in [0.5, 0.6) is 0 Å². The Morgan fingerprint density at radius 2 is 1.38 bits per heavy atom. The summed E-state index contributed by atoms with van der Waals surface area (Å²) in [5.41, 5.74) is 0. The molecule has 112 valence electrons. The number of hydrogen-bond acceptors (Lipinski definition) is 1. The molecule has 0 spiro atoms. The van der Waals surface area contributed by atoms with Crippen molar-refractivity contribution in [2.24, 2.45) is 5.92 Å². The molecular formula is C19H25OP. The molecule has 0 bridgehead atoms. The van der Waals surface area contributed by atoms with Crippen molar-refractivity contribution in [1.29, 1.82) is 0 Å². The fourth-order valence-electron chi connectivity index (χ4n) is 2.78. The van der Waals surface area contributed by atoms with Gasteiger partial charge in [-0.25, -0.2) is 0 Å². The van der Waals surface area contributed by atoms with Crippen LogP contribution in [-0.2, 0) is 4.57 Å². The lowest BCUT2D eigenvalue weighted by molar-refractivity contribution is 0.535. The maximum Gasteiger partial charge on any atom is 0.143 e. The predicted molar refractivity (Wildman–Crippen MR) is 93.3 cm³/mol. The van der Waals surface area contributed by atoms with Crippen LogP contribution >= 0.6 is 7.14 Å². The molecule has 0 heterocycles. The molecule has 2 aromatic rings. The molecule has 1 nitrogen and oxygen atoms in total. The standard InChI is InChI=1S/C19H25OP/c1-3-4-11-17(2)16-21(20,18-12-7-5-8-13-18)19-14-9-6-10-15-19/h5-10,12-15,17H,3-4,11,16H2,1-2H3. The van der Waals surface area contributed by atoms with E-state index >= 15 is 0 Å². The summed E-state index contributed by atoms with van der Waals surface area (Å²) in [6.07, 6.45) is 4.33. The maximum absolute atomic E-state index is 13.8. The van der Waals surface area contributed by atoms with E-state index in [4.69, 9.17) is 0 Å².